The van der Waals surface area contributed by atoms with Gasteiger partial charge >= 0.3 is 0 Å². The molecule has 0 saturated carbocycles. The molecule has 0 bridgehead atoms. The van der Waals surface area contributed by atoms with Gasteiger partial charge in [-0.25, -0.2) is 0 Å². The van der Waals surface area contributed by atoms with Crippen molar-refractivity contribution in [3.63, 3.8) is 0 Å². The van der Waals surface area contributed by atoms with Gasteiger partial charge in [0, 0.05) is 29.2 Å². The van der Waals surface area contributed by atoms with Gasteiger partial charge in [0.05, 0.1) is 0 Å². The summed E-state index contributed by atoms with van der Waals surface area (Å²) in [5.41, 5.74) is 6.23. The summed E-state index contributed by atoms with van der Waals surface area (Å²) in [7, 11) is 0. The van der Waals surface area contributed by atoms with Crippen molar-refractivity contribution in [1.82, 2.24) is 4.57 Å². The highest BCUT2D eigenvalue weighted by atomic mass is 15.0. The molecule has 0 spiro atoms. The molecule has 30 heavy (non-hydrogen) atoms. The van der Waals surface area contributed by atoms with Crippen molar-refractivity contribution < 1.29 is 0 Å². The molecule has 0 amide bonds. The Morgan fingerprint density at radius 1 is 0.767 bits per heavy atom. The number of fused-ring (bicyclic) bond motifs is 2. The SMILES string of the molecule is C=C(CCC)CCCCn1cc(C(=C)c2cccc3ccccc23)c2ccccc21. The van der Waals surface area contributed by atoms with Crippen LogP contribution in [0.5, 0.6) is 0 Å². The Balaban J connectivity index is 1.62. The van der Waals surface area contributed by atoms with Crippen molar-refractivity contribution in [2.75, 3.05) is 0 Å². The molecule has 152 valence electrons. The van der Waals surface area contributed by atoms with Gasteiger partial charge in [-0.1, -0.05) is 92.7 Å². The highest BCUT2D eigenvalue weighted by molar-refractivity contribution is 6.03. The van der Waals surface area contributed by atoms with Crippen LogP contribution >= 0.6 is 0 Å². The molecule has 0 N–H and O–H groups in total. The molecule has 0 fully saturated rings. The monoisotopic (exact) mass is 393 g/mol. The van der Waals surface area contributed by atoms with Crippen molar-refractivity contribution >= 4 is 27.2 Å². The fourth-order valence-corrected chi connectivity index (χ4v) is 4.44. The van der Waals surface area contributed by atoms with Crippen molar-refractivity contribution in [3.05, 3.63) is 103 Å². The third-order valence-electron chi connectivity index (χ3n) is 6.01. The first-order chi connectivity index (χ1) is 14.7. The van der Waals surface area contributed by atoms with E-state index < -0.39 is 0 Å². The third kappa shape index (κ3) is 4.11. The first kappa shape index (κ1) is 20.2. The van der Waals surface area contributed by atoms with Gasteiger partial charge in [0.15, 0.2) is 0 Å². The molecule has 1 heterocycles. The smallest absolute Gasteiger partial charge is 0.0486 e. The Kier molecular flexibility index (Phi) is 6.18. The fraction of sp³-hybridized carbons (Fsp3) is 0.241. The highest BCUT2D eigenvalue weighted by Gasteiger charge is 2.13. The maximum Gasteiger partial charge on any atom is 0.0486 e. The molecule has 4 rings (SSSR count). The minimum Gasteiger partial charge on any atom is -0.347 e. The van der Waals surface area contributed by atoms with E-state index in [-0.39, 0.29) is 0 Å². The van der Waals surface area contributed by atoms with Crippen molar-refractivity contribution in [2.45, 2.75) is 45.6 Å². The first-order valence-corrected chi connectivity index (χ1v) is 11.1. The number of nitrogens with zero attached hydrogens (tertiary/aromatic N) is 1. The molecule has 0 radical (unpaired) electrons. The van der Waals surface area contributed by atoms with E-state index in [1.165, 1.54) is 57.6 Å². The van der Waals surface area contributed by atoms with E-state index in [2.05, 4.69) is 97.6 Å². The van der Waals surface area contributed by atoms with Crippen molar-refractivity contribution in [2.24, 2.45) is 0 Å². The predicted octanol–water partition coefficient (Wildman–Crippen LogP) is 8.38. The Morgan fingerprint density at radius 3 is 2.33 bits per heavy atom. The van der Waals surface area contributed by atoms with E-state index >= 15 is 0 Å². The number of benzene rings is 3. The molecule has 0 aliphatic rings. The molecular weight excluding hydrogens is 362 g/mol. The predicted molar refractivity (Wildman–Crippen MR) is 132 cm³/mol. The summed E-state index contributed by atoms with van der Waals surface area (Å²) in [6.07, 6.45) is 8.16. The molecule has 0 unspecified atom stereocenters. The van der Waals surface area contributed by atoms with Crippen LogP contribution in [0.1, 0.15) is 50.2 Å². The number of aryl methyl sites for hydroxylation is 1. The Labute approximate surface area is 180 Å². The number of aromatic nitrogens is 1. The van der Waals surface area contributed by atoms with Crippen LogP contribution in [0.15, 0.2) is 91.7 Å². The van der Waals surface area contributed by atoms with Gasteiger partial charge in [-0.15, -0.1) is 0 Å². The summed E-state index contributed by atoms with van der Waals surface area (Å²) in [5.74, 6) is 0. The number of rotatable bonds is 9. The average Bonchev–Trinajstić information content (AvgIpc) is 3.15. The highest BCUT2D eigenvalue weighted by Crippen LogP contribution is 2.34. The van der Waals surface area contributed by atoms with Crippen LogP contribution in [-0.2, 0) is 6.54 Å². The van der Waals surface area contributed by atoms with Crippen LogP contribution in [0.3, 0.4) is 0 Å². The van der Waals surface area contributed by atoms with Gasteiger partial charge in [0.2, 0.25) is 0 Å². The molecule has 4 aromatic rings. The van der Waals surface area contributed by atoms with Crippen LogP contribution < -0.4 is 0 Å². The van der Waals surface area contributed by atoms with Gasteiger partial charge in [-0.2, -0.15) is 0 Å². The molecule has 1 aromatic heterocycles. The zero-order valence-corrected chi connectivity index (χ0v) is 18.0. The summed E-state index contributed by atoms with van der Waals surface area (Å²) in [5, 5.41) is 3.80. The molecule has 0 atom stereocenters. The third-order valence-corrected chi connectivity index (χ3v) is 6.01. The van der Waals surface area contributed by atoms with Crippen LogP contribution in [0, 0.1) is 0 Å². The van der Waals surface area contributed by atoms with Gasteiger partial charge in [0.1, 0.15) is 0 Å². The lowest BCUT2D eigenvalue weighted by atomic mass is 9.94. The minimum atomic E-state index is 1.03. The molecule has 0 aliphatic heterocycles. The lowest BCUT2D eigenvalue weighted by Crippen LogP contribution is -1.96. The standard InChI is InChI=1S/C29H31N/c1-4-12-22(2)13-9-10-20-30-21-28(27-17-7-8-19-29(27)30)23(3)25-18-11-15-24-14-5-6-16-26(24)25/h5-8,11,14-19,21H,2-4,9-10,12-13,20H2,1H3. The van der Waals surface area contributed by atoms with Crippen LogP contribution in [0.4, 0.5) is 0 Å². The molecule has 0 saturated heterocycles. The van der Waals surface area contributed by atoms with Gasteiger partial charge in [-0.3, -0.25) is 0 Å². The largest absolute Gasteiger partial charge is 0.347 e. The quantitative estimate of drug-likeness (QED) is 0.199. The number of unbranched alkanes of at least 4 members (excludes halogenated alkanes) is 1. The van der Waals surface area contributed by atoms with E-state index in [0.717, 1.165) is 25.0 Å². The topological polar surface area (TPSA) is 4.93 Å². The normalized spacial score (nSPS) is 11.2. The van der Waals surface area contributed by atoms with E-state index in [4.69, 9.17) is 0 Å². The van der Waals surface area contributed by atoms with E-state index in [1.807, 2.05) is 0 Å². The lowest BCUT2D eigenvalue weighted by molar-refractivity contribution is 0.615. The van der Waals surface area contributed by atoms with Crippen LogP contribution in [0.2, 0.25) is 0 Å². The van der Waals surface area contributed by atoms with Crippen LogP contribution in [0.25, 0.3) is 27.2 Å². The van der Waals surface area contributed by atoms with E-state index in [1.54, 1.807) is 0 Å². The second-order valence-electron chi connectivity index (χ2n) is 8.22. The lowest BCUT2D eigenvalue weighted by Gasteiger charge is -2.09. The zero-order valence-electron chi connectivity index (χ0n) is 18.0. The van der Waals surface area contributed by atoms with E-state index in [0.29, 0.717) is 0 Å². The second-order valence-corrected chi connectivity index (χ2v) is 8.22. The Bertz CT molecular complexity index is 1190. The number of para-hydroxylation sites is 1. The Morgan fingerprint density at radius 2 is 1.50 bits per heavy atom. The molecular formula is C29H31N. The molecule has 1 heteroatoms. The summed E-state index contributed by atoms with van der Waals surface area (Å²) in [6.45, 7) is 12.0. The summed E-state index contributed by atoms with van der Waals surface area (Å²) >= 11 is 0. The van der Waals surface area contributed by atoms with Gasteiger partial charge in [0.25, 0.3) is 0 Å². The van der Waals surface area contributed by atoms with Gasteiger partial charge < -0.3 is 4.57 Å². The zero-order chi connectivity index (χ0) is 20.9. The first-order valence-electron chi connectivity index (χ1n) is 11.1. The second kappa shape index (κ2) is 9.17. The maximum absolute atomic E-state index is 4.52. The van der Waals surface area contributed by atoms with Gasteiger partial charge in [-0.05, 0) is 53.7 Å². The van der Waals surface area contributed by atoms with E-state index in [9.17, 15) is 0 Å². The molecule has 3 aromatic carbocycles. The summed E-state index contributed by atoms with van der Waals surface area (Å²) < 4.78 is 2.41. The van der Waals surface area contributed by atoms with Crippen molar-refractivity contribution in [1.29, 1.82) is 0 Å². The van der Waals surface area contributed by atoms with Crippen molar-refractivity contribution in [3.8, 4) is 0 Å². The number of hydrogen-bond acceptors (Lipinski definition) is 0. The maximum atomic E-state index is 4.52. The summed E-state index contributed by atoms with van der Waals surface area (Å²) in [6, 6.07) is 23.8. The van der Waals surface area contributed by atoms with Crippen LogP contribution in [-0.4, -0.2) is 4.57 Å². The number of allylic oxidation sites excluding steroid dienone is 1. The molecule has 0 aliphatic carbocycles. The number of hydrogen-bond donors (Lipinski definition) is 0. The minimum absolute atomic E-state index is 1.03. The molecule has 1 nitrogen and oxygen atoms in total. The Hall–Kier alpha value is -3.06. The average molecular weight is 394 g/mol. The fourth-order valence-electron chi connectivity index (χ4n) is 4.44. The summed E-state index contributed by atoms with van der Waals surface area (Å²) in [4.78, 5) is 0.